The number of halogens is 3. The number of benzene rings is 1. The molecule has 0 amide bonds. The summed E-state index contributed by atoms with van der Waals surface area (Å²) in [5.41, 5.74) is -0.0818. The number of alkyl halides is 3. The van der Waals surface area contributed by atoms with Crippen LogP contribution in [0, 0.1) is 5.92 Å². The first kappa shape index (κ1) is 17.6. The molecule has 0 N–H and O–H groups in total. The Morgan fingerprint density at radius 1 is 1.43 bits per heavy atom. The maximum Gasteiger partial charge on any atom is 0.510 e. The van der Waals surface area contributed by atoms with Crippen molar-refractivity contribution in [1.82, 2.24) is 0 Å². The predicted molar refractivity (Wildman–Crippen MR) is 75.7 cm³/mol. The van der Waals surface area contributed by atoms with E-state index in [1.54, 1.807) is 13.0 Å². The zero-order chi connectivity index (χ0) is 17.1. The van der Waals surface area contributed by atoms with Gasteiger partial charge in [0, 0.05) is 6.42 Å². The highest BCUT2D eigenvalue weighted by molar-refractivity contribution is 5.60. The first-order valence-electron chi connectivity index (χ1n) is 7.40. The summed E-state index contributed by atoms with van der Waals surface area (Å²) in [5, 5.41) is 0. The highest BCUT2D eigenvalue weighted by Crippen LogP contribution is 2.37. The van der Waals surface area contributed by atoms with Crippen LogP contribution in [-0.2, 0) is 26.8 Å². The minimum absolute atomic E-state index is 0.0181. The number of rotatable bonds is 6. The van der Waals surface area contributed by atoms with Crippen LogP contribution in [0.2, 0.25) is 0 Å². The summed E-state index contributed by atoms with van der Waals surface area (Å²) in [4.78, 5) is 11.3. The molecule has 1 saturated heterocycles. The van der Waals surface area contributed by atoms with E-state index < -0.39 is 23.7 Å². The quantitative estimate of drug-likeness (QED) is 0.579. The van der Waals surface area contributed by atoms with Crippen LogP contribution in [-0.4, -0.2) is 25.2 Å². The van der Waals surface area contributed by atoms with Crippen LogP contribution >= 0.6 is 0 Å². The molecule has 2 rings (SSSR count). The van der Waals surface area contributed by atoms with Crippen LogP contribution in [0.5, 0.6) is 0 Å². The molecule has 1 heterocycles. The molecule has 1 aromatic rings. The van der Waals surface area contributed by atoms with E-state index in [-0.39, 0.29) is 19.1 Å². The van der Waals surface area contributed by atoms with E-state index in [0.29, 0.717) is 18.4 Å². The van der Waals surface area contributed by atoms with Crippen molar-refractivity contribution in [2.45, 2.75) is 38.7 Å². The maximum atomic E-state index is 12.7. The lowest BCUT2D eigenvalue weighted by atomic mass is 9.94. The molecule has 0 aliphatic carbocycles. The van der Waals surface area contributed by atoms with Crippen LogP contribution < -0.4 is 0 Å². The molecule has 23 heavy (non-hydrogen) atoms. The largest absolute Gasteiger partial charge is 0.510 e. The van der Waals surface area contributed by atoms with E-state index in [1.807, 2.05) is 6.92 Å². The molecule has 128 valence electrons. The first-order chi connectivity index (χ1) is 10.7. The minimum Gasteiger partial charge on any atom is -0.435 e. The van der Waals surface area contributed by atoms with Gasteiger partial charge < -0.3 is 14.2 Å². The van der Waals surface area contributed by atoms with Crippen LogP contribution in [0.3, 0.4) is 0 Å². The van der Waals surface area contributed by atoms with Crippen molar-refractivity contribution in [2.24, 2.45) is 5.92 Å². The topological polar surface area (TPSA) is 48.1 Å². The second-order valence-electron chi connectivity index (χ2n) is 5.70. The molecule has 0 bridgehead atoms. The predicted octanol–water partition coefficient (Wildman–Crippen LogP) is 4.17. The average molecular weight is 332 g/mol. The summed E-state index contributed by atoms with van der Waals surface area (Å²) >= 11 is 0. The Balaban J connectivity index is 1.92. The molecule has 2 unspecified atom stereocenters. The fourth-order valence-corrected chi connectivity index (χ4v) is 2.48. The normalized spacial score (nSPS) is 21.6. The highest BCUT2D eigenvalue weighted by Gasteiger charge is 2.50. The lowest BCUT2D eigenvalue weighted by Crippen LogP contribution is -2.25. The Bertz CT molecular complexity index is 553. The SMILES string of the molecule is CCOC(=O)OC1(CC(C)Cc2cccc(C(F)(F)F)c2)CO1. The summed E-state index contributed by atoms with van der Waals surface area (Å²) < 4.78 is 53.1. The summed E-state index contributed by atoms with van der Waals surface area (Å²) in [6.07, 6.45) is -4.31. The van der Waals surface area contributed by atoms with Gasteiger partial charge in [0.05, 0.1) is 12.2 Å². The average Bonchev–Trinajstić information content (AvgIpc) is 3.17. The molecule has 1 aromatic carbocycles. The third-order valence-electron chi connectivity index (χ3n) is 3.50. The molecule has 1 fully saturated rings. The molecular formula is C16H19F3O4. The van der Waals surface area contributed by atoms with Crippen LogP contribution in [0.25, 0.3) is 0 Å². The molecule has 0 radical (unpaired) electrons. The fourth-order valence-electron chi connectivity index (χ4n) is 2.48. The summed E-state index contributed by atoms with van der Waals surface area (Å²) in [6, 6.07) is 5.23. The van der Waals surface area contributed by atoms with Crippen LogP contribution in [0.4, 0.5) is 18.0 Å². The number of epoxide rings is 1. The Labute approximate surface area is 132 Å². The summed E-state index contributed by atoms with van der Waals surface area (Å²) in [6.45, 7) is 4.02. The zero-order valence-corrected chi connectivity index (χ0v) is 13.0. The van der Waals surface area contributed by atoms with Gasteiger partial charge >= 0.3 is 12.3 Å². The number of hydrogen-bond donors (Lipinski definition) is 0. The third-order valence-corrected chi connectivity index (χ3v) is 3.50. The number of hydrogen-bond acceptors (Lipinski definition) is 4. The van der Waals surface area contributed by atoms with Crippen molar-refractivity contribution < 1.29 is 32.2 Å². The molecule has 7 heteroatoms. The molecule has 1 aliphatic rings. The van der Waals surface area contributed by atoms with Gasteiger partial charge in [-0.3, -0.25) is 0 Å². The van der Waals surface area contributed by atoms with Crippen molar-refractivity contribution in [1.29, 1.82) is 0 Å². The summed E-state index contributed by atoms with van der Waals surface area (Å²) in [7, 11) is 0. The number of ether oxygens (including phenoxy) is 3. The van der Waals surface area contributed by atoms with E-state index in [2.05, 4.69) is 0 Å². The standard InChI is InChI=1S/C16H19F3O4/c1-3-21-14(20)23-15(10-22-15)9-11(2)7-12-5-4-6-13(8-12)16(17,18)19/h4-6,8,11H,3,7,9-10H2,1-2H3. The first-order valence-corrected chi connectivity index (χ1v) is 7.40. The van der Waals surface area contributed by atoms with Crippen molar-refractivity contribution in [3.63, 3.8) is 0 Å². The molecule has 2 atom stereocenters. The van der Waals surface area contributed by atoms with Gasteiger partial charge in [0.15, 0.2) is 0 Å². The highest BCUT2D eigenvalue weighted by atomic mass is 19.4. The smallest absolute Gasteiger partial charge is 0.435 e. The van der Waals surface area contributed by atoms with Gasteiger partial charge in [0.2, 0.25) is 5.79 Å². The third kappa shape index (κ3) is 5.13. The lowest BCUT2D eigenvalue weighted by molar-refractivity contribution is -0.137. The second-order valence-corrected chi connectivity index (χ2v) is 5.70. The van der Waals surface area contributed by atoms with Crippen LogP contribution in [0.15, 0.2) is 24.3 Å². The van der Waals surface area contributed by atoms with Gasteiger partial charge in [-0.25, -0.2) is 4.79 Å². The molecule has 1 aliphatic heterocycles. The monoisotopic (exact) mass is 332 g/mol. The molecule has 0 saturated carbocycles. The van der Waals surface area contributed by atoms with E-state index in [4.69, 9.17) is 14.2 Å². The Hall–Kier alpha value is -1.76. The maximum absolute atomic E-state index is 12.7. The Kier molecular flexibility index (Phi) is 5.19. The Morgan fingerprint density at radius 2 is 2.13 bits per heavy atom. The lowest BCUT2D eigenvalue weighted by Gasteiger charge is -2.18. The van der Waals surface area contributed by atoms with Crippen molar-refractivity contribution >= 4 is 6.16 Å². The summed E-state index contributed by atoms with van der Waals surface area (Å²) in [5.74, 6) is -1.01. The van der Waals surface area contributed by atoms with E-state index in [1.165, 1.54) is 6.07 Å². The second kappa shape index (κ2) is 6.78. The number of carbonyl (C=O) groups is 1. The van der Waals surface area contributed by atoms with E-state index >= 15 is 0 Å². The zero-order valence-electron chi connectivity index (χ0n) is 13.0. The van der Waals surface area contributed by atoms with Gasteiger partial charge in [0.25, 0.3) is 0 Å². The minimum atomic E-state index is -4.35. The van der Waals surface area contributed by atoms with E-state index in [0.717, 1.165) is 12.1 Å². The number of carbonyl (C=O) groups excluding carboxylic acids is 1. The van der Waals surface area contributed by atoms with Crippen molar-refractivity contribution in [3.8, 4) is 0 Å². The Morgan fingerprint density at radius 3 is 2.70 bits per heavy atom. The van der Waals surface area contributed by atoms with Crippen molar-refractivity contribution in [2.75, 3.05) is 13.2 Å². The van der Waals surface area contributed by atoms with Gasteiger partial charge in [-0.1, -0.05) is 25.1 Å². The van der Waals surface area contributed by atoms with Gasteiger partial charge in [-0.2, -0.15) is 13.2 Å². The van der Waals surface area contributed by atoms with E-state index in [9.17, 15) is 18.0 Å². The van der Waals surface area contributed by atoms with Gasteiger partial charge in [0.1, 0.15) is 6.61 Å². The molecular weight excluding hydrogens is 313 g/mol. The molecule has 0 spiro atoms. The van der Waals surface area contributed by atoms with Gasteiger partial charge in [-0.15, -0.1) is 0 Å². The molecule has 4 nitrogen and oxygen atoms in total. The van der Waals surface area contributed by atoms with Crippen LogP contribution in [0.1, 0.15) is 31.4 Å². The van der Waals surface area contributed by atoms with Crippen molar-refractivity contribution in [3.05, 3.63) is 35.4 Å². The molecule has 0 aromatic heterocycles. The fraction of sp³-hybridized carbons (Fsp3) is 0.562. The van der Waals surface area contributed by atoms with Gasteiger partial charge in [-0.05, 0) is 30.9 Å².